The van der Waals surface area contributed by atoms with Gasteiger partial charge >= 0.3 is 6.01 Å². The van der Waals surface area contributed by atoms with E-state index in [4.69, 9.17) is 9.15 Å². The standard InChI is InChI=1S/C11H22N4O2/c1-5-12-6-10-14-15-11(17-10)13-9(7-16-4)8(2)3/h8-9,12H,5-7H2,1-4H3,(H,13,15). The summed E-state index contributed by atoms with van der Waals surface area (Å²) in [6.07, 6.45) is 0. The zero-order valence-corrected chi connectivity index (χ0v) is 11.0. The van der Waals surface area contributed by atoms with E-state index in [0.717, 1.165) is 6.54 Å². The predicted molar refractivity (Wildman–Crippen MR) is 65.8 cm³/mol. The number of nitrogens with zero attached hydrogens (tertiary/aromatic N) is 2. The van der Waals surface area contributed by atoms with Crippen LogP contribution in [0.15, 0.2) is 4.42 Å². The van der Waals surface area contributed by atoms with Crippen LogP contribution in [0.3, 0.4) is 0 Å². The van der Waals surface area contributed by atoms with E-state index in [1.165, 1.54) is 0 Å². The van der Waals surface area contributed by atoms with Gasteiger partial charge in [-0.1, -0.05) is 25.9 Å². The van der Waals surface area contributed by atoms with Crippen molar-refractivity contribution in [1.82, 2.24) is 15.5 Å². The number of anilines is 1. The van der Waals surface area contributed by atoms with Gasteiger partial charge in [0, 0.05) is 7.11 Å². The van der Waals surface area contributed by atoms with Crippen molar-refractivity contribution >= 4 is 6.01 Å². The summed E-state index contributed by atoms with van der Waals surface area (Å²) in [7, 11) is 1.68. The molecule has 0 radical (unpaired) electrons. The zero-order valence-electron chi connectivity index (χ0n) is 11.0. The normalized spacial score (nSPS) is 13.0. The fraction of sp³-hybridized carbons (Fsp3) is 0.818. The Balaban J connectivity index is 2.51. The summed E-state index contributed by atoms with van der Waals surface area (Å²) in [5.74, 6) is 1.02. The van der Waals surface area contributed by atoms with E-state index in [2.05, 4.69) is 34.7 Å². The van der Waals surface area contributed by atoms with E-state index in [9.17, 15) is 0 Å². The quantitative estimate of drug-likeness (QED) is 0.715. The zero-order chi connectivity index (χ0) is 12.7. The highest BCUT2D eigenvalue weighted by Crippen LogP contribution is 2.11. The number of nitrogens with one attached hydrogen (secondary N) is 2. The average Bonchev–Trinajstić information content (AvgIpc) is 2.73. The summed E-state index contributed by atoms with van der Waals surface area (Å²) >= 11 is 0. The first kappa shape index (κ1) is 13.9. The smallest absolute Gasteiger partial charge is 0.315 e. The van der Waals surface area contributed by atoms with Crippen LogP contribution in [-0.4, -0.2) is 36.5 Å². The van der Waals surface area contributed by atoms with Crippen LogP contribution in [-0.2, 0) is 11.3 Å². The molecule has 1 aromatic heterocycles. The molecule has 0 aliphatic carbocycles. The van der Waals surface area contributed by atoms with Crippen molar-refractivity contribution in [2.75, 3.05) is 25.6 Å². The fourth-order valence-corrected chi connectivity index (χ4v) is 1.35. The molecule has 1 atom stereocenters. The second kappa shape index (κ2) is 7.24. The van der Waals surface area contributed by atoms with Crippen molar-refractivity contribution in [3.8, 4) is 0 Å². The summed E-state index contributed by atoms with van der Waals surface area (Å²) in [5, 5.41) is 14.2. The van der Waals surface area contributed by atoms with Crippen LogP contribution in [0.1, 0.15) is 26.7 Å². The largest absolute Gasteiger partial charge is 0.407 e. The third kappa shape index (κ3) is 4.70. The van der Waals surface area contributed by atoms with Gasteiger partial charge in [0.05, 0.1) is 19.2 Å². The van der Waals surface area contributed by atoms with Crippen LogP contribution in [0.4, 0.5) is 6.01 Å². The summed E-state index contributed by atoms with van der Waals surface area (Å²) < 4.78 is 10.6. The van der Waals surface area contributed by atoms with Crippen LogP contribution >= 0.6 is 0 Å². The maximum absolute atomic E-state index is 5.46. The Labute approximate surface area is 102 Å². The molecule has 0 bridgehead atoms. The number of rotatable bonds is 8. The lowest BCUT2D eigenvalue weighted by atomic mass is 10.1. The molecule has 0 aromatic carbocycles. The predicted octanol–water partition coefficient (Wildman–Crippen LogP) is 1.26. The minimum atomic E-state index is 0.174. The third-order valence-electron chi connectivity index (χ3n) is 2.45. The Morgan fingerprint density at radius 1 is 1.35 bits per heavy atom. The molecule has 6 nitrogen and oxygen atoms in total. The SMILES string of the molecule is CCNCc1nnc(NC(COC)C(C)C)o1. The highest BCUT2D eigenvalue weighted by Gasteiger charge is 2.16. The van der Waals surface area contributed by atoms with Gasteiger partial charge in [-0.2, -0.15) is 0 Å². The van der Waals surface area contributed by atoms with Gasteiger partial charge in [0.25, 0.3) is 0 Å². The summed E-state index contributed by atoms with van der Waals surface area (Å²) in [6, 6.07) is 0.626. The molecule has 17 heavy (non-hydrogen) atoms. The molecule has 1 heterocycles. The van der Waals surface area contributed by atoms with E-state index < -0.39 is 0 Å². The van der Waals surface area contributed by atoms with Crippen molar-refractivity contribution < 1.29 is 9.15 Å². The van der Waals surface area contributed by atoms with Gasteiger partial charge in [0.2, 0.25) is 5.89 Å². The monoisotopic (exact) mass is 242 g/mol. The van der Waals surface area contributed by atoms with Crippen LogP contribution in [0.5, 0.6) is 0 Å². The number of ether oxygens (including phenoxy) is 1. The maximum Gasteiger partial charge on any atom is 0.315 e. The number of hydrogen-bond donors (Lipinski definition) is 2. The Morgan fingerprint density at radius 3 is 2.71 bits per heavy atom. The van der Waals surface area contributed by atoms with Crippen molar-refractivity contribution in [2.24, 2.45) is 5.92 Å². The van der Waals surface area contributed by atoms with E-state index >= 15 is 0 Å². The molecule has 0 spiro atoms. The molecule has 0 aliphatic heterocycles. The van der Waals surface area contributed by atoms with Gasteiger partial charge in [0.1, 0.15) is 0 Å². The topological polar surface area (TPSA) is 72.2 Å². The lowest BCUT2D eigenvalue weighted by Crippen LogP contribution is -2.30. The molecule has 2 N–H and O–H groups in total. The van der Waals surface area contributed by atoms with E-state index in [0.29, 0.717) is 31.0 Å². The van der Waals surface area contributed by atoms with Crippen LogP contribution in [0.25, 0.3) is 0 Å². The van der Waals surface area contributed by atoms with Gasteiger partial charge in [-0.15, -0.1) is 5.10 Å². The molecule has 6 heteroatoms. The number of methoxy groups -OCH3 is 1. The minimum Gasteiger partial charge on any atom is -0.407 e. The first-order valence-corrected chi connectivity index (χ1v) is 5.96. The van der Waals surface area contributed by atoms with Crippen molar-refractivity contribution in [2.45, 2.75) is 33.4 Å². The summed E-state index contributed by atoms with van der Waals surface area (Å²) in [6.45, 7) is 8.36. The first-order chi connectivity index (χ1) is 8.17. The lowest BCUT2D eigenvalue weighted by molar-refractivity contribution is 0.170. The minimum absolute atomic E-state index is 0.174. The van der Waals surface area contributed by atoms with Gasteiger partial charge in [-0.3, -0.25) is 0 Å². The highest BCUT2D eigenvalue weighted by atomic mass is 16.5. The molecular formula is C11H22N4O2. The molecule has 0 fully saturated rings. The second-order valence-electron chi connectivity index (χ2n) is 4.23. The molecule has 1 rings (SSSR count). The molecule has 1 unspecified atom stereocenters. The molecule has 98 valence electrons. The van der Waals surface area contributed by atoms with Crippen LogP contribution in [0.2, 0.25) is 0 Å². The third-order valence-corrected chi connectivity index (χ3v) is 2.45. The van der Waals surface area contributed by atoms with Crippen molar-refractivity contribution in [1.29, 1.82) is 0 Å². The first-order valence-electron chi connectivity index (χ1n) is 5.96. The van der Waals surface area contributed by atoms with Gasteiger partial charge in [-0.25, -0.2) is 0 Å². The Kier molecular flexibility index (Phi) is 5.93. The highest BCUT2D eigenvalue weighted by molar-refractivity contribution is 5.19. The van der Waals surface area contributed by atoms with Crippen LogP contribution < -0.4 is 10.6 Å². The van der Waals surface area contributed by atoms with Crippen molar-refractivity contribution in [3.63, 3.8) is 0 Å². The van der Waals surface area contributed by atoms with E-state index in [1.807, 2.05) is 6.92 Å². The lowest BCUT2D eigenvalue weighted by Gasteiger charge is -2.19. The van der Waals surface area contributed by atoms with E-state index in [1.54, 1.807) is 7.11 Å². The summed E-state index contributed by atoms with van der Waals surface area (Å²) in [4.78, 5) is 0. The summed E-state index contributed by atoms with van der Waals surface area (Å²) in [5.41, 5.74) is 0. The number of aromatic nitrogens is 2. The van der Waals surface area contributed by atoms with E-state index in [-0.39, 0.29) is 6.04 Å². The Bertz CT molecular complexity index is 314. The Morgan fingerprint density at radius 2 is 2.12 bits per heavy atom. The van der Waals surface area contributed by atoms with Gasteiger partial charge in [0.15, 0.2) is 0 Å². The Hall–Kier alpha value is -1.14. The van der Waals surface area contributed by atoms with Gasteiger partial charge in [-0.05, 0) is 12.5 Å². The molecule has 0 amide bonds. The molecule has 0 aliphatic rings. The molecular weight excluding hydrogens is 220 g/mol. The number of hydrogen-bond acceptors (Lipinski definition) is 6. The fourth-order valence-electron chi connectivity index (χ4n) is 1.35. The average molecular weight is 242 g/mol. The second-order valence-corrected chi connectivity index (χ2v) is 4.23. The van der Waals surface area contributed by atoms with Crippen molar-refractivity contribution in [3.05, 3.63) is 5.89 Å². The molecule has 0 saturated heterocycles. The maximum atomic E-state index is 5.46. The molecule has 1 aromatic rings. The molecule has 0 saturated carbocycles. The van der Waals surface area contributed by atoms with Crippen LogP contribution in [0, 0.1) is 5.92 Å². The van der Waals surface area contributed by atoms with Gasteiger partial charge < -0.3 is 19.8 Å².